The zero-order chi connectivity index (χ0) is 10.9. The first-order chi connectivity index (χ1) is 7.33. The molecule has 15 heavy (non-hydrogen) atoms. The lowest BCUT2D eigenvalue weighted by Crippen LogP contribution is -2.18. The molecule has 0 aliphatic heterocycles. The maximum absolute atomic E-state index is 5.81. The summed E-state index contributed by atoms with van der Waals surface area (Å²) in [4.78, 5) is 0. The molecular formula is C13H21NO. The van der Waals surface area contributed by atoms with Gasteiger partial charge < -0.3 is 10.5 Å². The Morgan fingerprint density at radius 3 is 2.67 bits per heavy atom. The summed E-state index contributed by atoms with van der Waals surface area (Å²) in [6.45, 7) is 3.64. The maximum atomic E-state index is 5.81. The van der Waals surface area contributed by atoms with Crippen molar-refractivity contribution in [3.8, 4) is 0 Å². The van der Waals surface area contributed by atoms with Gasteiger partial charge in [-0.1, -0.05) is 37.3 Å². The van der Waals surface area contributed by atoms with Crippen LogP contribution in [0.1, 0.15) is 31.7 Å². The van der Waals surface area contributed by atoms with Crippen molar-refractivity contribution >= 4 is 0 Å². The second-order valence-corrected chi connectivity index (χ2v) is 3.85. The highest BCUT2D eigenvalue weighted by atomic mass is 16.5. The largest absolute Gasteiger partial charge is 0.377 e. The van der Waals surface area contributed by atoms with E-state index in [0.29, 0.717) is 12.6 Å². The van der Waals surface area contributed by atoms with Gasteiger partial charge in [-0.05, 0) is 24.8 Å². The van der Waals surface area contributed by atoms with Crippen molar-refractivity contribution in [2.24, 2.45) is 5.73 Å². The minimum Gasteiger partial charge on any atom is -0.377 e. The van der Waals surface area contributed by atoms with Crippen LogP contribution in [0.4, 0.5) is 0 Å². The fourth-order valence-electron chi connectivity index (χ4n) is 1.42. The van der Waals surface area contributed by atoms with E-state index in [0.717, 1.165) is 25.9 Å². The number of hydrogen-bond acceptors (Lipinski definition) is 2. The summed E-state index contributed by atoms with van der Waals surface area (Å²) in [5, 5.41) is 0. The molecule has 0 aliphatic rings. The third kappa shape index (κ3) is 5.55. The topological polar surface area (TPSA) is 35.2 Å². The summed E-state index contributed by atoms with van der Waals surface area (Å²) in [6, 6.07) is 10.6. The number of nitrogens with two attached hydrogens (primary N) is 1. The predicted octanol–water partition coefficient (Wildman–Crippen LogP) is 2.72. The smallest absolute Gasteiger partial charge is 0.0716 e. The minimum absolute atomic E-state index is 0.338. The molecule has 0 bridgehead atoms. The van der Waals surface area contributed by atoms with Gasteiger partial charge in [0.05, 0.1) is 6.61 Å². The molecular weight excluding hydrogens is 186 g/mol. The first-order valence-electron chi connectivity index (χ1n) is 5.70. The van der Waals surface area contributed by atoms with Crippen LogP contribution in [0.5, 0.6) is 0 Å². The van der Waals surface area contributed by atoms with Gasteiger partial charge >= 0.3 is 0 Å². The number of rotatable bonds is 7. The van der Waals surface area contributed by atoms with E-state index in [1.165, 1.54) is 5.56 Å². The third-order valence-electron chi connectivity index (χ3n) is 2.50. The highest BCUT2D eigenvalue weighted by Crippen LogP contribution is 2.03. The molecule has 0 fully saturated rings. The quantitative estimate of drug-likeness (QED) is 0.698. The van der Waals surface area contributed by atoms with Gasteiger partial charge in [0.15, 0.2) is 0 Å². The van der Waals surface area contributed by atoms with Crippen molar-refractivity contribution in [2.75, 3.05) is 6.61 Å². The Bertz CT molecular complexity index is 248. The van der Waals surface area contributed by atoms with E-state index in [1.807, 2.05) is 18.2 Å². The van der Waals surface area contributed by atoms with E-state index in [-0.39, 0.29) is 0 Å². The van der Waals surface area contributed by atoms with Gasteiger partial charge in [0, 0.05) is 12.6 Å². The summed E-state index contributed by atoms with van der Waals surface area (Å²) >= 11 is 0. The number of hydrogen-bond donors (Lipinski definition) is 1. The van der Waals surface area contributed by atoms with Crippen LogP contribution in [0.2, 0.25) is 0 Å². The average molecular weight is 207 g/mol. The van der Waals surface area contributed by atoms with E-state index >= 15 is 0 Å². The van der Waals surface area contributed by atoms with Gasteiger partial charge in [-0.3, -0.25) is 0 Å². The first-order valence-corrected chi connectivity index (χ1v) is 5.70. The molecule has 0 amide bonds. The normalized spacial score (nSPS) is 12.7. The predicted molar refractivity (Wildman–Crippen MR) is 63.6 cm³/mol. The van der Waals surface area contributed by atoms with Crippen LogP contribution in [0.25, 0.3) is 0 Å². The van der Waals surface area contributed by atoms with Gasteiger partial charge in [0.25, 0.3) is 0 Å². The molecule has 2 heteroatoms. The Balaban J connectivity index is 2.03. The van der Waals surface area contributed by atoms with Crippen molar-refractivity contribution in [3.63, 3.8) is 0 Å². The van der Waals surface area contributed by atoms with Crippen molar-refractivity contribution in [2.45, 2.75) is 38.8 Å². The molecule has 84 valence electrons. The molecule has 1 rings (SSSR count). The van der Waals surface area contributed by atoms with E-state index in [4.69, 9.17) is 10.5 Å². The lowest BCUT2D eigenvalue weighted by atomic mass is 10.1. The Morgan fingerprint density at radius 2 is 2.00 bits per heavy atom. The van der Waals surface area contributed by atoms with Gasteiger partial charge in [-0.2, -0.15) is 0 Å². The van der Waals surface area contributed by atoms with Gasteiger partial charge in [-0.25, -0.2) is 0 Å². The Morgan fingerprint density at radius 1 is 1.27 bits per heavy atom. The van der Waals surface area contributed by atoms with Gasteiger partial charge in [-0.15, -0.1) is 0 Å². The summed E-state index contributed by atoms with van der Waals surface area (Å²) in [5.74, 6) is 0. The van der Waals surface area contributed by atoms with E-state index in [1.54, 1.807) is 0 Å². The SMILES string of the molecule is CCC(N)CCCOCc1ccccc1. The Labute approximate surface area is 92.4 Å². The fourth-order valence-corrected chi connectivity index (χ4v) is 1.42. The van der Waals surface area contributed by atoms with Crippen molar-refractivity contribution in [3.05, 3.63) is 35.9 Å². The average Bonchev–Trinajstić information content (AvgIpc) is 2.29. The second kappa shape index (κ2) is 7.43. The van der Waals surface area contributed by atoms with Gasteiger partial charge in [0.2, 0.25) is 0 Å². The minimum atomic E-state index is 0.338. The van der Waals surface area contributed by atoms with Crippen LogP contribution in [0, 0.1) is 0 Å². The lowest BCUT2D eigenvalue weighted by Gasteiger charge is -2.08. The van der Waals surface area contributed by atoms with Crippen LogP contribution < -0.4 is 5.73 Å². The highest BCUT2D eigenvalue weighted by Gasteiger charge is 1.98. The molecule has 1 aromatic carbocycles. The molecule has 0 spiro atoms. The standard InChI is InChI=1S/C13H21NO/c1-2-13(14)9-6-10-15-11-12-7-4-3-5-8-12/h3-5,7-8,13H,2,6,9-11,14H2,1H3. The zero-order valence-electron chi connectivity index (χ0n) is 9.49. The van der Waals surface area contributed by atoms with Crippen LogP contribution in [0.3, 0.4) is 0 Å². The summed E-state index contributed by atoms with van der Waals surface area (Å²) in [6.07, 6.45) is 3.17. The number of ether oxygens (including phenoxy) is 1. The molecule has 2 nitrogen and oxygen atoms in total. The second-order valence-electron chi connectivity index (χ2n) is 3.85. The Hall–Kier alpha value is -0.860. The van der Waals surface area contributed by atoms with E-state index < -0.39 is 0 Å². The Kier molecular flexibility index (Phi) is 6.05. The van der Waals surface area contributed by atoms with E-state index in [2.05, 4.69) is 19.1 Å². The van der Waals surface area contributed by atoms with Crippen LogP contribution >= 0.6 is 0 Å². The summed E-state index contributed by atoms with van der Waals surface area (Å²) in [5.41, 5.74) is 7.04. The first kappa shape index (κ1) is 12.2. The molecule has 0 heterocycles. The molecule has 1 atom stereocenters. The van der Waals surface area contributed by atoms with Crippen LogP contribution in [-0.2, 0) is 11.3 Å². The zero-order valence-corrected chi connectivity index (χ0v) is 9.49. The third-order valence-corrected chi connectivity index (χ3v) is 2.50. The van der Waals surface area contributed by atoms with Crippen molar-refractivity contribution < 1.29 is 4.74 Å². The van der Waals surface area contributed by atoms with Crippen LogP contribution in [0.15, 0.2) is 30.3 Å². The fraction of sp³-hybridized carbons (Fsp3) is 0.538. The molecule has 0 aromatic heterocycles. The van der Waals surface area contributed by atoms with Crippen molar-refractivity contribution in [1.29, 1.82) is 0 Å². The van der Waals surface area contributed by atoms with Crippen LogP contribution in [-0.4, -0.2) is 12.6 Å². The number of benzene rings is 1. The monoisotopic (exact) mass is 207 g/mol. The van der Waals surface area contributed by atoms with E-state index in [9.17, 15) is 0 Å². The molecule has 0 saturated carbocycles. The molecule has 1 aromatic rings. The molecule has 0 saturated heterocycles. The molecule has 0 aliphatic carbocycles. The maximum Gasteiger partial charge on any atom is 0.0716 e. The molecule has 0 radical (unpaired) electrons. The summed E-state index contributed by atoms with van der Waals surface area (Å²) < 4.78 is 5.56. The lowest BCUT2D eigenvalue weighted by molar-refractivity contribution is 0.116. The molecule has 2 N–H and O–H groups in total. The molecule has 1 unspecified atom stereocenters. The highest BCUT2D eigenvalue weighted by molar-refractivity contribution is 5.13. The summed E-state index contributed by atoms with van der Waals surface area (Å²) in [7, 11) is 0. The van der Waals surface area contributed by atoms with Gasteiger partial charge in [0.1, 0.15) is 0 Å². The van der Waals surface area contributed by atoms with Crippen molar-refractivity contribution in [1.82, 2.24) is 0 Å².